The van der Waals surface area contributed by atoms with Crippen LogP contribution in [0.2, 0.25) is 0 Å². The van der Waals surface area contributed by atoms with Crippen molar-refractivity contribution in [3.8, 4) is 0 Å². The van der Waals surface area contributed by atoms with E-state index in [9.17, 15) is 19.5 Å². The van der Waals surface area contributed by atoms with Gasteiger partial charge in [0.15, 0.2) is 17.6 Å². The summed E-state index contributed by atoms with van der Waals surface area (Å²) in [6, 6.07) is 5.41. The van der Waals surface area contributed by atoms with Gasteiger partial charge in [0.2, 0.25) is 5.69 Å². The number of unbranched alkanes of at least 4 members (excludes halogenated alkanes) is 9. The number of ether oxygens (including phenoxy) is 2. The van der Waals surface area contributed by atoms with E-state index in [0.29, 0.717) is 48.3 Å². The lowest BCUT2D eigenvalue weighted by Crippen LogP contribution is -2.67. The standard InChI is InChI=1S/C45H59N3O6/c1-5-7-19-34(20-8-6-2)53-42(50)23-16-14-12-10-9-11-13-15-18-31-28-32(24-26-35(31)45(51)52)46-38-30-41-44(43-36(38)21-17-22-39(43)49)47-37-27-25-33(48(3)4)29-40(37)54-41/h17,21,24-29,34,40H,5-16,18-20,22-23,30H2,1-4H3,(H,51,52)/p+1. The van der Waals surface area contributed by atoms with Crippen LogP contribution in [-0.4, -0.2) is 65.5 Å². The molecule has 1 aromatic rings. The first-order chi connectivity index (χ1) is 26.2. The first-order valence-electron chi connectivity index (χ1n) is 20.4. The molecule has 290 valence electrons. The van der Waals surface area contributed by atoms with Crippen LogP contribution >= 0.6 is 0 Å². The van der Waals surface area contributed by atoms with Crippen molar-refractivity contribution in [1.82, 2.24) is 4.90 Å². The number of hydrogen-bond donors (Lipinski definition) is 2. The molecule has 2 N–H and O–H groups in total. The predicted molar refractivity (Wildman–Crippen MR) is 214 cm³/mol. The van der Waals surface area contributed by atoms with E-state index in [1.54, 1.807) is 12.1 Å². The van der Waals surface area contributed by atoms with Crippen molar-refractivity contribution in [2.24, 2.45) is 4.99 Å². The van der Waals surface area contributed by atoms with Gasteiger partial charge in [-0.05, 0) is 62.0 Å². The van der Waals surface area contributed by atoms with E-state index < -0.39 is 5.97 Å². The van der Waals surface area contributed by atoms with Crippen molar-refractivity contribution in [3.63, 3.8) is 0 Å². The molecule has 0 aromatic heterocycles. The number of carbonyl (C=O) groups excluding carboxylic acids is 2. The van der Waals surface area contributed by atoms with E-state index in [4.69, 9.17) is 14.5 Å². The number of nitrogens with one attached hydrogen (secondary N) is 1. The number of rotatable bonds is 21. The number of esters is 1. The summed E-state index contributed by atoms with van der Waals surface area (Å²) in [6.07, 6.45) is 26.3. The van der Waals surface area contributed by atoms with Crippen LogP contribution in [-0.2, 0) is 25.5 Å². The quantitative estimate of drug-likeness (QED) is 0.0965. The molecule has 0 fully saturated rings. The second-order valence-corrected chi connectivity index (χ2v) is 15.2. The number of hydrogen-bond acceptors (Lipinski definition) is 7. The zero-order valence-electron chi connectivity index (χ0n) is 32.9. The van der Waals surface area contributed by atoms with Crippen LogP contribution in [0.4, 0.5) is 5.69 Å². The molecule has 0 radical (unpaired) electrons. The summed E-state index contributed by atoms with van der Waals surface area (Å²) >= 11 is 0. The topological polar surface area (TPSA) is 119 Å². The highest BCUT2D eigenvalue weighted by molar-refractivity contribution is 6.16. The molecule has 1 aliphatic heterocycles. The zero-order valence-corrected chi connectivity index (χ0v) is 32.9. The Labute approximate surface area is 321 Å². The molecule has 4 aliphatic rings. The van der Waals surface area contributed by atoms with Crippen molar-refractivity contribution < 1.29 is 34.0 Å². The van der Waals surface area contributed by atoms with Crippen molar-refractivity contribution in [3.05, 3.63) is 88.0 Å². The van der Waals surface area contributed by atoms with Crippen LogP contribution in [0.3, 0.4) is 0 Å². The normalized spacial score (nSPS) is 18.3. The molecule has 5 rings (SSSR count). The second kappa shape index (κ2) is 20.2. The maximum absolute atomic E-state index is 13.3. The van der Waals surface area contributed by atoms with E-state index >= 15 is 0 Å². The molecule has 0 amide bonds. The molecule has 3 aliphatic carbocycles. The minimum Gasteiger partial charge on any atom is -0.481 e. The van der Waals surface area contributed by atoms with E-state index in [1.165, 1.54) is 0 Å². The van der Waals surface area contributed by atoms with Gasteiger partial charge in [-0.25, -0.2) is 14.8 Å². The number of benzene rings is 1. The Morgan fingerprint density at radius 1 is 0.963 bits per heavy atom. The summed E-state index contributed by atoms with van der Waals surface area (Å²) < 4.78 is 12.3. The van der Waals surface area contributed by atoms with E-state index in [2.05, 4.69) is 18.8 Å². The number of aliphatic imine (C=N–C) groups is 1. The van der Waals surface area contributed by atoms with E-state index in [0.717, 1.165) is 124 Å². The molecule has 1 aromatic carbocycles. The number of carboxylic acid groups (broad SMARTS) is 1. The van der Waals surface area contributed by atoms with Gasteiger partial charge in [0.1, 0.15) is 17.6 Å². The van der Waals surface area contributed by atoms with Gasteiger partial charge >= 0.3 is 11.9 Å². The second-order valence-electron chi connectivity index (χ2n) is 15.2. The third-order valence-corrected chi connectivity index (χ3v) is 10.6. The van der Waals surface area contributed by atoms with Crippen LogP contribution in [0.1, 0.15) is 139 Å². The molecule has 54 heavy (non-hydrogen) atoms. The number of ketones is 1. The smallest absolute Gasteiger partial charge is 0.335 e. The van der Waals surface area contributed by atoms with E-state index in [1.807, 2.05) is 55.4 Å². The number of fused-ring (bicyclic) bond motifs is 2. The molecular weight excluding hydrogens is 679 g/mol. The fourth-order valence-corrected chi connectivity index (χ4v) is 7.55. The molecule has 9 nitrogen and oxygen atoms in total. The van der Waals surface area contributed by atoms with Gasteiger partial charge < -0.3 is 19.5 Å². The van der Waals surface area contributed by atoms with Crippen molar-refractivity contribution in [2.75, 3.05) is 14.1 Å². The van der Waals surface area contributed by atoms with Crippen molar-refractivity contribution in [1.29, 1.82) is 0 Å². The largest absolute Gasteiger partial charge is 0.481 e. The Kier molecular flexibility index (Phi) is 15.2. The monoisotopic (exact) mass is 738 g/mol. The fraction of sp³-hybridized carbons (Fsp3) is 0.533. The lowest BCUT2D eigenvalue weighted by atomic mass is 9.84. The summed E-state index contributed by atoms with van der Waals surface area (Å²) in [5.74, 6) is -0.305. The number of carboxylic acids is 1. The van der Waals surface area contributed by atoms with Crippen LogP contribution < -0.4 is 4.99 Å². The maximum atomic E-state index is 13.3. The molecule has 1 unspecified atom stereocenters. The third-order valence-electron chi connectivity index (χ3n) is 10.6. The lowest BCUT2D eigenvalue weighted by Gasteiger charge is -2.32. The summed E-state index contributed by atoms with van der Waals surface area (Å²) in [4.78, 5) is 48.3. The van der Waals surface area contributed by atoms with E-state index in [-0.39, 0.29) is 24.0 Å². The van der Waals surface area contributed by atoms with Gasteiger partial charge in [-0.15, -0.1) is 0 Å². The Morgan fingerprint density at radius 2 is 1.67 bits per heavy atom. The summed E-state index contributed by atoms with van der Waals surface area (Å²) in [7, 11) is 3.97. The number of allylic oxidation sites excluding steroid dienone is 6. The van der Waals surface area contributed by atoms with Crippen LogP contribution in [0.15, 0.2) is 81.9 Å². The minimum absolute atomic E-state index is 0.00495. The number of aromatic carboxylic acids is 1. The molecule has 0 bridgehead atoms. The molecule has 0 saturated heterocycles. The van der Waals surface area contributed by atoms with Crippen LogP contribution in [0.5, 0.6) is 0 Å². The van der Waals surface area contributed by atoms with Crippen LogP contribution in [0, 0.1) is 0 Å². The third kappa shape index (κ3) is 11.0. The zero-order chi connectivity index (χ0) is 38.5. The lowest BCUT2D eigenvalue weighted by molar-refractivity contribution is -0.354. The summed E-state index contributed by atoms with van der Waals surface area (Å²) in [6.45, 7) is 4.35. The molecular formula is C45H60N3O6+. The molecule has 1 heterocycles. The van der Waals surface area contributed by atoms with Gasteiger partial charge in [-0.3, -0.25) is 9.59 Å². The highest BCUT2D eigenvalue weighted by atomic mass is 16.5. The number of Topliss-reactive ketones (excluding diaryl/α,β-unsaturated/α-hetero) is 1. The van der Waals surface area contributed by atoms with Gasteiger partial charge in [0.25, 0.3) is 0 Å². The minimum atomic E-state index is -0.931. The molecule has 0 saturated carbocycles. The Hall–Kier alpha value is -4.53. The Balaban J connectivity index is 1.13. The van der Waals surface area contributed by atoms with Crippen molar-refractivity contribution in [2.45, 2.75) is 142 Å². The summed E-state index contributed by atoms with van der Waals surface area (Å²) in [5, 5.41) is 9.97. The molecule has 0 spiro atoms. The number of nitrogens with zero attached hydrogens (tertiary/aromatic N) is 2. The summed E-state index contributed by atoms with van der Waals surface area (Å²) in [5.41, 5.74) is 6.53. The van der Waals surface area contributed by atoms with Crippen molar-refractivity contribution >= 4 is 34.8 Å². The number of aryl methyl sites for hydroxylation is 1. The van der Waals surface area contributed by atoms with Gasteiger partial charge in [-0.1, -0.05) is 90.2 Å². The predicted octanol–water partition coefficient (Wildman–Crippen LogP) is 8.18. The Morgan fingerprint density at radius 3 is 2.35 bits per heavy atom. The molecule has 1 atom stereocenters. The fourth-order valence-electron chi connectivity index (χ4n) is 7.55. The number of carbonyl (C=O) groups is 3. The number of likely N-dealkylation sites (N-methyl/N-ethyl adjacent to an activating group) is 1. The first kappa shape index (κ1) is 40.7. The first-order valence-corrected chi connectivity index (χ1v) is 20.4. The Bertz CT molecular complexity index is 1750. The van der Waals surface area contributed by atoms with Gasteiger partial charge in [0.05, 0.1) is 28.8 Å². The highest BCUT2D eigenvalue weighted by Gasteiger charge is 2.38. The van der Waals surface area contributed by atoms with Gasteiger partial charge in [0, 0.05) is 44.8 Å². The average Bonchev–Trinajstić information content (AvgIpc) is 3.15. The van der Waals surface area contributed by atoms with Crippen LogP contribution in [0.25, 0.3) is 0 Å². The highest BCUT2D eigenvalue weighted by Crippen LogP contribution is 2.38. The SMILES string of the molecule is CCCCC(CCCC)OC(=O)CCCCCCCCCCc1cc([NH+]=C2CC3=C(N=C4C=CC(N(C)C)=CC4O3)C3=C2C=CCC3=O)ccc1C(=O)O. The molecule has 9 heteroatoms. The maximum Gasteiger partial charge on any atom is 0.335 e. The van der Waals surface area contributed by atoms with Gasteiger partial charge in [-0.2, -0.15) is 0 Å². The average molecular weight is 739 g/mol.